The Morgan fingerprint density at radius 2 is 2.12 bits per heavy atom. The van der Waals surface area contributed by atoms with Crippen molar-refractivity contribution in [1.29, 1.82) is 0 Å². The molecule has 0 aromatic rings. The number of methoxy groups -OCH3 is 1. The van der Waals surface area contributed by atoms with Crippen LogP contribution in [0.5, 0.6) is 0 Å². The molecule has 0 spiro atoms. The standard InChI is InChI=1S/C12H21NO4/c1-11(8-17-2,10(14)15)12(16)7-13-5-3-9(12)4-6-13/h9,16H,3-8H2,1-2H3,(H,14,15). The van der Waals surface area contributed by atoms with E-state index in [-0.39, 0.29) is 12.5 Å². The Labute approximate surface area is 101 Å². The van der Waals surface area contributed by atoms with E-state index in [4.69, 9.17) is 4.74 Å². The van der Waals surface area contributed by atoms with Crippen LogP contribution in [0.3, 0.4) is 0 Å². The van der Waals surface area contributed by atoms with Crippen LogP contribution in [0.25, 0.3) is 0 Å². The first-order valence-electron chi connectivity index (χ1n) is 6.11. The van der Waals surface area contributed by atoms with Crippen LogP contribution in [-0.2, 0) is 9.53 Å². The number of hydrogen-bond donors (Lipinski definition) is 2. The molecule has 0 amide bonds. The molecule has 0 radical (unpaired) electrons. The van der Waals surface area contributed by atoms with Gasteiger partial charge in [-0.1, -0.05) is 0 Å². The summed E-state index contributed by atoms with van der Waals surface area (Å²) in [6.45, 7) is 4.03. The van der Waals surface area contributed by atoms with Crippen molar-refractivity contribution >= 4 is 5.97 Å². The second-order valence-electron chi connectivity index (χ2n) is 5.54. The van der Waals surface area contributed by atoms with Crippen LogP contribution in [0, 0.1) is 11.3 Å². The molecule has 0 saturated carbocycles. The largest absolute Gasteiger partial charge is 0.481 e. The molecule has 2 unspecified atom stereocenters. The molecule has 3 aliphatic rings. The Kier molecular flexibility index (Phi) is 3.18. The van der Waals surface area contributed by atoms with Gasteiger partial charge < -0.3 is 19.8 Å². The summed E-state index contributed by atoms with van der Waals surface area (Å²) in [6.07, 6.45) is 1.76. The lowest BCUT2D eigenvalue weighted by molar-refractivity contribution is -0.210. The molecule has 3 heterocycles. The van der Waals surface area contributed by atoms with E-state index >= 15 is 0 Å². The molecule has 3 saturated heterocycles. The molecule has 3 aliphatic heterocycles. The molecule has 2 bridgehead atoms. The molecule has 5 nitrogen and oxygen atoms in total. The predicted octanol–water partition coefficient (Wildman–Crippen LogP) is 0.180. The summed E-state index contributed by atoms with van der Waals surface area (Å²) in [5.74, 6) is -0.903. The second-order valence-corrected chi connectivity index (χ2v) is 5.54. The summed E-state index contributed by atoms with van der Waals surface area (Å²) in [5, 5.41) is 20.3. The van der Waals surface area contributed by atoms with Gasteiger partial charge >= 0.3 is 5.97 Å². The summed E-state index contributed by atoms with van der Waals surface area (Å²) in [7, 11) is 1.48. The number of nitrogens with zero attached hydrogens (tertiary/aromatic N) is 1. The fourth-order valence-corrected chi connectivity index (χ4v) is 3.32. The van der Waals surface area contributed by atoms with Gasteiger partial charge in [0.1, 0.15) is 5.41 Å². The van der Waals surface area contributed by atoms with Gasteiger partial charge in [0.05, 0.1) is 12.2 Å². The van der Waals surface area contributed by atoms with Crippen LogP contribution >= 0.6 is 0 Å². The third-order valence-corrected chi connectivity index (χ3v) is 4.59. The molecule has 2 N–H and O–H groups in total. The number of carbonyl (C=O) groups is 1. The number of hydrogen-bond acceptors (Lipinski definition) is 4. The van der Waals surface area contributed by atoms with Crippen molar-refractivity contribution in [3.8, 4) is 0 Å². The Morgan fingerprint density at radius 1 is 1.53 bits per heavy atom. The van der Waals surface area contributed by atoms with Gasteiger partial charge in [0.2, 0.25) is 0 Å². The maximum atomic E-state index is 11.5. The molecule has 17 heavy (non-hydrogen) atoms. The van der Waals surface area contributed by atoms with Crippen LogP contribution in [-0.4, -0.2) is 60.0 Å². The van der Waals surface area contributed by atoms with Gasteiger partial charge in [-0.2, -0.15) is 0 Å². The highest BCUT2D eigenvalue weighted by Gasteiger charge is 2.60. The highest BCUT2D eigenvalue weighted by atomic mass is 16.5. The molecular formula is C12H21NO4. The van der Waals surface area contributed by atoms with Crippen LogP contribution < -0.4 is 0 Å². The van der Waals surface area contributed by atoms with E-state index in [1.54, 1.807) is 6.92 Å². The van der Waals surface area contributed by atoms with Gasteiger partial charge in [0.15, 0.2) is 0 Å². The molecule has 3 rings (SSSR count). The van der Waals surface area contributed by atoms with Crippen molar-refractivity contribution in [2.75, 3.05) is 33.4 Å². The molecule has 98 valence electrons. The van der Waals surface area contributed by atoms with E-state index in [0.717, 1.165) is 25.9 Å². The summed E-state index contributed by atoms with van der Waals surface area (Å²) >= 11 is 0. The molecule has 3 fully saturated rings. The first kappa shape index (κ1) is 12.8. The third-order valence-electron chi connectivity index (χ3n) is 4.59. The molecule has 0 aliphatic carbocycles. The maximum Gasteiger partial charge on any atom is 0.314 e. The minimum Gasteiger partial charge on any atom is -0.481 e. The van der Waals surface area contributed by atoms with Crippen molar-refractivity contribution in [3.05, 3.63) is 0 Å². The monoisotopic (exact) mass is 243 g/mol. The van der Waals surface area contributed by atoms with Crippen molar-refractivity contribution in [3.63, 3.8) is 0 Å². The number of fused-ring (bicyclic) bond motifs is 3. The fourth-order valence-electron chi connectivity index (χ4n) is 3.32. The first-order valence-corrected chi connectivity index (χ1v) is 6.11. The van der Waals surface area contributed by atoms with Gasteiger partial charge in [0.25, 0.3) is 0 Å². The third kappa shape index (κ3) is 1.77. The SMILES string of the molecule is COCC(C)(C(=O)O)C1(O)CN2CCC1CC2. The van der Waals surface area contributed by atoms with E-state index < -0.39 is 17.0 Å². The van der Waals surface area contributed by atoms with Gasteiger partial charge in [-0.15, -0.1) is 0 Å². The zero-order valence-corrected chi connectivity index (χ0v) is 10.5. The van der Waals surface area contributed by atoms with Crippen molar-refractivity contribution in [2.45, 2.75) is 25.4 Å². The quantitative estimate of drug-likeness (QED) is 0.737. The van der Waals surface area contributed by atoms with Crippen LogP contribution in [0.1, 0.15) is 19.8 Å². The zero-order valence-electron chi connectivity index (χ0n) is 10.5. The lowest BCUT2D eigenvalue weighted by atomic mass is 9.61. The minimum atomic E-state index is -1.23. The predicted molar refractivity (Wildman–Crippen MR) is 61.7 cm³/mol. The van der Waals surface area contributed by atoms with Crippen LogP contribution in [0.2, 0.25) is 0 Å². The highest BCUT2D eigenvalue weighted by Crippen LogP contribution is 2.46. The number of piperidine rings is 3. The van der Waals surface area contributed by atoms with Crippen LogP contribution in [0.15, 0.2) is 0 Å². The van der Waals surface area contributed by atoms with Crippen molar-refractivity contribution < 1.29 is 19.7 Å². The highest BCUT2D eigenvalue weighted by molar-refractivity contribution is 5.76. The second kappa shape index (κ2) is 4.23. The topological polar surface area (TPSA) is 70.0 Å². The maximum absolute atomic E-state index is 11.5. The summed E-state index contributed by atoms with van der Waals surface area (Å²) in [5.41, 5.74) is -2.41. The average Bonchev–Trinajstić information content (AvgIpc) is 2.30. The summed E-state index contributed by atoms with van der Waals surface area (Å²) in [6, 6.07) is 0. The van der Waals surface area contributed by atoms with E-state index in [9.17, 15) is 15.0 Å². The Balaban J connectivity index is 2.31. The Hall–Kier alpha value is -0.650. The van der Waals surface area contributed by atoms with Gasteiger partial charge in [-0.25, -0.2) is 0 Å². The number of carboxylic acid groups (broad SMARTS) is 1. The Bertz CT molecular complexity index is 314. The van der Waals surface area contributed by atoms with Crippen molar-refractivity contribution in [2.24, 2.45) is 11.3 Å². The molecule has 0 aromatic heterocycles. The van der Waals surface area contributed by atoms with Gasteiger partial charge in [-0.05, 0) is 38.8 Å². The van der Waals surface area contributed by atoms with E-state index in [1.807, 2.05) is 0 Å². The van der Waals surface area contributed by atoms with E-state index in [2.05, 4.69) is 4.90 Å². The number of carboxylic acids is 1. The molecule has 5 heteroatoms. The zero-order chi connectivity index (χ0) is 12.7. The molecule has 0 aromatic carbocycles. The smallest absolute Gasteiger partial charge is 0.314 e. The van der Waals surface area contributed by atoms with E-state index in [1.165, 1.54) is 7.11 Å². The average molecular weight is 243 g/mol. The van der Waals surface area contributed by atoms with Crippen LogP contribution in [0.4, 0.5) is 0 Å². The van der Waals surface area contributed by atoms with Crippen molar-refractivity contribution in [1.82, 2.24) is 4.90 Å². The number of aliphatic hydroxyl groups is 1. The lowest BCUT2D eigenvalue weighted by Gasteiger charge is -2.56. The normalized spacial score (nSPS) is 39.9. The summed E-state index contributed by atoms with van der Waals surface area (Å²) < 4.78 is 5.04. The van der Waals surface area contributed by atoms with Gasteiger partial charge in [0, 0.05) is 13.7 Å². The molecular weight excluding hydrogens is 222 g/mol. The fraction of sp³-hybridized carbons (Fsp3) is 0.917. The minimum absolute atomic E-state index is 0.0448. The summed E-state index contributed by atoms with van der Waals surface area (Å²) in [4.78, 5) is 13.7. The lowest BCUT2D eigenvalue weighted by Crippen LogP contribution is -2.69. The number of aliphatic carboxylic acids is 1. The first-order chi connectivity index (χ1) is 7.94. The number of rotatable bonds is 4. The number of ether oxygens (including phenoxy) is 1. The van der Waals surface area contributed by atoms with E-state index in [0.29, 0.717) is 6.54 Å². The van der Waals surface area contributed by atoms with Gasteiger partial charge in [-0.3, -0.25) is 4.79 Å². The molecule has 2 atom stereocenters. The Morgan fingerprint density at radius 3 is 2.47 bits per heavy atom.